The molecule has 0 amide bonds. The summed E-state index contributed by atoms with van der Waals surface area (Å²) in [6.07, 6.45) is 0. The second kappa shape index (κ2) is 5.72. The predicted molar refractivity (Wildman–Crippen MR) is 75.0 cm³/mol. The lowest BCUT2D eigenvalue weighted by Gasteiger charge is -2.41. The summed E-state index contributed by atoms with van der Waals surface area (Å²) in [5, 5.41) is 9.24. The Morgan fingerprint density at radius 1 is 1.16 bits per heavy atom. The molecule has 104 valence electrons. The number of piperazine rings is 1. The van der Waals surface area contributed by atoms with Crippen molar-refractivity contribution in [2.24, 2.45) is 0 Å². The molecule has 0 atom stereocenters. The van der Waals surface area contributed by atoms with Crippen LogP contribution < -0.4 is 0 Å². The van der Waals surface area contributed by atoms with Crippen LogP contribution in [0.3, 0.4) is 0 Å². The van der Waals surface area contributed by atoms with Crippen molar-refractivity contribution in [3.05, 3.63) is 35.9 Å². The molecule has 0 spiro atoms. The molecule has 1 aromatic carbocycles. The normalized spacial score (nSPS) is 18.4. The quantitative estimate of drug-likeness (QED) is 0.896. The van der Waals surface area contributed by atoms with Crippen molar-refractivity contribution in [1.29, 1.82) is 0 Å². The minimum Gasteiger partial charge on any atom is -0.480 e. The fourth-order valence-corrected chi connectivity index (χ4v) is 2.44. The van der Waals surface area contributed by atoms with Gasteiger partial charge >= 0.3 is 5.97 Å². The van der Waals surface area contributed by atoms with Crippen molar-refractivity contribution < 1.29 is 9.90 Å². The molecule has 1 N–H and O–H groups in total. The Labute approximate surface area is 114 Å². The fraction of sp³-hybridized carbons (Fsp3) is 0.533. The minimum absolute atomic E-state index is 0.746. The maximum absolute atomic E-state index is 11.2. The first kappa shape index (κ1) is 14.0. The van der Waals surface area contributed by atoms with E-state index in [4.69, 9.17) is 0 Å². The van der Waals surface area contributed by atoms with Crippen LogP contribution in [0.15, 0.2) is 30.3 Å². The Hall–Kier alpha value is -1.39. The van der Waals surface area contributed by atoms with Crippen molar-refractivity contribution >= 4 is 5.97 Å². The first-order valence-electron chi connectivity index (χ1n) is 6.75. The topological polar surface area (TPSA) is 43.8 Å². The van der Waals surface area contributed by atoms with E-state index in [1.54, 1.807) is 13.8 Å². The Bertz CT molecular complexity index is 423. The number of aliphatic carboxylic acids is 1. The van der Waals surface area contributed by atoms with Gasteiger partial charge in [-0.25, -0.2) is 0 Å². The second-order valence-corrected chi connectivity index (χ2v) is 5.61. The molecule has 19 heavy (non-hydrogen) atoms. The van der Waals surface area contributed by atoms with Gasteiger partial charge in [0.2, 0.25) is 0 Å². The van der Waals surface area contributed by atoms with E-state index in [2.05, 4.69) is 34.1 Å². The SMILES string of the molecule is CC(C)(C(=O)O)N1CCN(Cc2ccccc2)CC1. The third-order valence-electron chi connectivity index (χ3n) is 3.94. The van der Waals surface area contributed by atoms with Gasteiger partial charge in [-0.2, -0.15) is 0 Å². The largest absolute Gasteiger partial charge is 0.480 e. The molecule has 1 saturated heterocycles. The van der Waals surface area contributed by atoms with Gasteiger partial charge in [-0.05, 0) is 19.4 Å². The average Bonchev–Trinajstić information content (AvgIpc) is 2.40. The molecular weight excluding hydrogens is 240 g/mol. The molecule has 2 rings (SSSR count). The summed E-state index contributed by atoms with van der Waals surface area (Å²) < 4.78 is 0. The minimum atomic E-state index is -0.765. The average molecular weight is 262 g/mol. The maximum atomic E-state index is 11.2. The number of nitrogens with zero attached hydrogens (tertiary/aromatic N) is 2. The van der Waals surface area contributed by atoms with Crippen LogP contribution in [-0.4, -0.2) is 52.6 Å². The molecule has 0 bridgehead atoms. The number of carboxylic acid groups (broad SMARTS) is 1. The molecule has 0 aromatic heterocycles. The zero-order valence-electron chi connectivity index (χ0n) is 11.7. The summed E-state index contributed by atoms with van der Waals surface area (Å²) in [6, 6.07) is 10.4. The summed E-state index contributed by atoms with van der Waals surface area (Å²) in [5.41, 5.74) is 0.548. The van der Waals surface area contributed by atoms with Gasteiger partial charge in [-0.3, -0.25) is 14.6 Å². The molecule has 1 fully saturated rings. The van der Waals surface area contributed by atoms with Crippen LogP contribution in [0.2, 0.25) is 0 Å². The highest BCUT2D eigenvalue weighted by atomic mass is 16.4. The molecule has 1 heterocycles. The molecule has 0 radical (unpaired) electrons. The number of carbonyl (C=O) groups is 1. The van der Waals surface area contributed by atoms with E-state index in [-0.39, 0.29) is 0 Å². The van der Waals surface area contributed by atoms with Gasteiger partial charge in [0.15, 0.2) is 0 Å². The van der Waals surface area contributed by atoms with Crippen molar-refractivity contribution in [1.82, 2.24) is 9.80 Å². The van der Waals surface area contributed by atoms with Crippen molar-refractivity contribution in [3.63, 3.8) is 0 Å². The number of rotatable bonds is 4. The lowest BCUT2D eigenvalue weighted by Crippen LogP contribution is -2.57. The monoisotopic (exact) mass is 262 g/mol. The lowest BCUT2D eigenvalue weighted by molar-refractivity contribution is -0.150. The smallest absolute Gasteiger partial charge is 0.323 e. The summed E-state index contributed by atoms with van der Waals surface area (Å²) >= 11 is 0. The van der Waals surface area contributed by atoms with E-state index < -0.39 is 11.5 Å². The van der Waals surface area contributed by atoms with E-state index >= 15 is 0 Å². The van der Waals surface area contributed by atoms with Crippen LogP contribution in [-0.2, 0) is 11.3 Å². The van der Waals surface area contributed by atoms with E-state index in [1.807, 2.05) is 6.07 Å². The third-order valence-corrected chi connectivity index (χ3v) is 3.94. The Balaban J connectivity index is 1.88. The van der Waals surface area contributed by atoms with Gasteiger partial charge in [0.1, 0.15) is 5.54 Å². The fourth-order valence-electron chi connectivity index (χ4n) is 2.44. The lowest BCUT2D eigenvalue weighted by atomic mass is 10.0. The van der Waals surface area contributed by atoms with Gasteiger partial charge in [0, 0.05) is 32.7 Å². The predicted octanol–water partition coefficient (Wildman–Crippen LogP) is 1.67. The summed E-state index contributed by atoms with van der Waals surface area (Å²) in [6.45, 7) is 7.97. The molecule has 0 saturated carbocycles. The Morgan fingerprint density at radius 3 is 2.26 bits per heavy atom. The van der Waals surface area contributed by atoms with Crippen LogP contribution in [0.1, 0.15) is 19.4 Å². The van der Waals surface area contributed by atoms with Crippen LogP contribution in [0, 0.1) is 0 Å². The highest BCUT2D eigenvalue weighted by Gasteiger charge is 2.36. The van der Waals surface area contributed by atoms with E-state index in [0.29, 0.717) is 0 Å². The molecule has 1 aromatic rings. The van der Waals surface area contributed by atoms with Crippen LogP contribution in [0.4, 0.5) is 0 Å². The molecule has 1 aliphatic heterocycles. The summed E-state index contributed by atoms with van der Waals surface area (Å²) in [7, 11) is 0. The molecule has 4 nitrogen and oxygen atoms in total. The summed E-state index contributed by atoms with van der Waals surface area (Å²) in [5.74, 6) is -0.746. The second-order valence-electron chi connectivity index (χ2n) is 5.61. The van der Waals surface area contributed by atoms with Gasteiger partial charge in [0.25, 0.3) is 0 Å². The molecule has 0 aliphatic carbocycles. The van der Waals surface area contributed by atoms with Crippen LogP contribution >= 0.6 is 0 Å². The van der Waals surface area contributed by atoms with E-state index in [9.17, 15) is 9.90 Å². The number of hydrogen-bond acceptors (Lipinski definition) is 3. The zero-order valence-corrected chi connectivity index (χ0v) is 11.7. The van der Waals surface area contributed by atoms with Crippen molar-refractivity contribution in [2.75, 3.05) is 26.2 Å². The van der Waals surface area contributed by atoms with Gasteiger partial charge in [0.05, 0.1) is 0 Å². The number of carboxylic acids is 1. The standard InChI is InChI=1S/C15H22N2O2/c1-15(2,14(18)19)17-10-8-16(9-11-17)12-13-6-4-3-5-7-13/h3-7H,8-12H2,1-2H3,(H,18,19). The highest BCUT2D eigenvalue weighted by Crippen LogP contribution is 2.18. The molecule has 0 unspecified atom stereocenters. The number of hydrogen-bond donors (Lipinski definition) is 1. The van der Waals surface area contributed by atoms with Gasteiger partial charge in [-0.1, -0.05) is 30.3 Å². The maximum Gasteiger partial charge on any atom is 0.323 e. The molecule has 4 heteroatoms. The Kier molecular flexibility index (Phi) is 4.22. The Morgan fingerprint density at radius 2 is 1.74 bits per heavy atom. The highest BCUT2D eigenvalue weighted by molar-refractivity contribution is 5.77. The first-order chi connectivity index (χ1) is 9.00. The summed E-state index contributed by atoms with van der Waals surface area (Å²) in [4.78, 5) is 15.7. The van der Waals surface area contributed by atoms with Gasteiger partial charge < -0.3 is 5.11 Å². The van der Waals surface area contributed by atoms with Crippen molar-refractivity contribution in [3.8, 4) is 0 Å². The molecular formula is C15H22N2O2. The van der Waals surface area contributed by atoms with E-state index in [0.717, 1.165) is 32.7 Å². The zero-order chi connectivity index (χ0) is 13.9. The van der Waals surface area contributed by atoms with Crippen LogP contribution in [0.25, 0.3) is 0 Å². The van der Waals surface area contributed by atoms with Crippen LogP contribution in [0.5, 0.6) is 0 Å². The molecule has 1 aliphatic rings. The first-order valence-corrected chi connectivity index (χ1v) is 6.75. The van der Waals surface area contributed by atoms with Crippen molar-refractivity contribution in [2.45, 2.75) is 25.9 Å². The number of benzene rings is 1. The van der Waals surface area contributed by atoms with Gasteiger partial charge in [-0.15, -0.1) is 0 Å². The van der Waals surface area contributed by atoms with E-state index in [1.165, 1.54) is 5.56 Å². The third kappa shape index (κ3) is 3.33.